The molecule has 57 heavy (non-hydrogen) atoms. The number of carbonyl (C=O) groups is 3. The Morgan fingerprint density at radius 2 is 0.667 bits per heavy atom. The first-order valence-electron chi connectivity index (χ1n) is 24.1. The van der Waals surface area contributed by atoms with E-state index in [4.69, 9.17) is 14.2 Å². The van der Waals surface area contributed by atoms with Crippen LogP contribution in [0.4, 0.5) is 0 Å². The Balaban J connectivity index is 4.36. The van der Waals surface area contributed by atoms with Crippen LogP contribution in [-0.2, 0) is 28.6 Å². The molecule has 330 valence electrons. The van der Waals surface area contributed by atoms with Crippen LogP contribution in [0.3, 0.4) is 0 Å². The second-order valence-corrected chi connectivity index (χ2v) is 16.0. The predicted octanol–water partition coefficient (Wildman–Crippen LogP) is 15.5. The van der Waals surface area contributed by atoms with Crippen LogP contribution in [0.25, 0.3) is 0 Å². The maximum Gasteiger partial charge on any atom is 0.306 e. The first kappa shape index (κ1) is 54.4. The van der Waals surface area contributed by atoms with E-state index in [0.717, 1.165) is 96.3 Å². The maximum absolute atomic E-state index is 12.7. The molecule has 0 rings (SSSR count). The molecule has 0 fully saturated rings. The first-order chi connectivity index (χ1) is 28.0. The Hall–Kier alpha value is -2.63. The summed E-state index contributed by atoms with van der Waals surface area (Å²) in [5.74, 6) is -0.910. The SMILES string of the molecule is CCC/C=C\CCCCCCCC(=O)OCC(COC(=O)CCCCCCCCC/C=C\C/C=C\CCCCC)OC(=O)CCCCCCC/C=C\CCCCC. The normalized spacial score (nSPS) is 12.4. The lowest BCUT2D eigenvalue weighted by atomic mass is 10.1. The zero-order valence-corrected chi connectivity index (χ0v) is 37.6. The number of hydrogen-bond donors (Lipinski definition) is 0. The first-order valence-corrected chi connectivity index (χ1v) is 24.1. The molecule has 0 radical (unpaired) electrons. The lowest BCUT2D eigenvalue weighted by Gasteiger charge is -2.18. The topological polar surface area (TPSA) is 78.9 Å². The molecule has 0 saturated heterocycles. The summed E-state index contributed by atoms with van der Waals surface area (Å²) < 4.78 is 16.7. The van der Waals surface area contributed by atoms with Gasteiger partial charge in [-0.05, 0) is 96.3 Å². The van der Waals surface area contributed by atoms with Gasteiger partial charge in [-0.25, -0.2) is 0 Å². The van der Waals surface area contributed by atoms with Gasteiger partial charge in [0.05, 0.1) is 0 Å². The molecule has 1 unspecified atom stereocenters. The van der Waals surface area contributed by atoms with Crippen molar-refractivity contribution in [3.05, 3.63) is 48.6 Å². The molecule has 6 heteroatoms. The Kier molecular flexibility index (Phi) is 43.9. The van der Waals surface area contributed by atoms with Gasteiger partial charge in [-0.3, -0.25) is 14.4 Å². The summed E-state index contributed by atoms with van der Waals surface area (Å²) in [6.07, 6.45) is 53.8. The van der Waals surface area contributed by atoms with Crippen LogP contribution in [0.2, 0.25) is 0 Å². The standard InChI is InChI=1S/C51H90O6/c1-4-7-10-13-16-19-22-24-25-26-27-28-30-32-35-38-41-44-50(53)56-47-48(46-55-49(52)43-40-37-34-31-21-18-15-12-9-6-3)57-51(54)45-42-39-36-33-29-23-20-17-14-11-8-5-2/h12,15-17,19-20,24-25,48H,4-11,13-14,18,21-23,26-47H2,1-3H3/b15-12-,19-16-,20-17-,25-24-. The molecule has 0 N–H and O–H groups in total. The minimum Gasteiger partial charge on any atom is -0.462 e. The molecule has 1 atom stereocenters. The highest BCUT2D eigenvalue weighted by Crippen LogP contribution is 2.14. The summed E-state index contributed by atoms with van der Waals surface area (Å²) in [4.78, 5) is 37.8. The van der Waals surface area contributed by atoms with E-state index in [9.17, 15) is 14.4 Å². The van der Waals surface area contributed by atoms with Gasteiger partial charge in [-0.1, -0.05) is 172 Å². The third kappa shape index (κ3) is 44.3. The summed E-state index contributed by atoms with van der Waals surface area (Å²) >= 11 is 0. The number of carbonyl (C=O) groups excluding carboxylic acids is 3. The van der Waals surface area contributed by atoms with Crippen molar-refractivity contribution in [3.8, 4) is 0 Å². The molecular weight excluding hydrogens is 709 g/mol. The van der Waals surface area contributed by atoms with Crippen LogP contribution in [0.1, 0.15) is 239 Å². The summed E-state index contributed by atoms with van der Waals surface area (Å²) in [5.41, 5.74) is 0. The van der Waals surface area contributed by atoms with Crippen molar-refractivity contribution < 1.29 is 28.6 Å². The number of hydrogen-bond acceptors (Lipinski definition) is 6. The van der Waals surface area contributed by atoms with E-state index in [2.05, 4.69) is 69.4 Å². The quantitative estimate of drug-likeness (QED) is 0.0265. The highest BCUT2D eigenvalue weighted by molar-refractivity contribution is 5.71. The average Bonchev–Trinajstić information content (AvgIpc) is 3.21. The second kappa shape index (κ2) is 46.1. The van der Waals surface area contributed by atoms with Crippen LogP contribution >= 0.6 is 0 Å². The third-order valence-corrected chi connectivity index (χ3v) is 10.3. The maximum atomic E-state index is 12.7. The van der Waals surface area contributed by atoms with Crippen LogP contribution < -0.4 is 0 Å². The summed E-state index contributed by atoms with van der Waals surface area (Å²) in [7, 11) is 0. The molecule has 0 amide bonds. The molecule has 0 aliphatic carbocycles. The van der Waals surface area contributed by atoms with Crippen molar-refractivity contribution in [1.82, 2.24) is 0 Å². The molecular formula is C51H90O6. The molecule has 0 bridgehead atoms. The summed E-state index contributed by atoms with van der Waals surface area (Å²) in [6.45, 7) is 6.50. The van der Waals surface area contributed by atoms with E-state index < -0.39 is 6.10 Å². The highest BCUT2D eigenvalue weighted by atomic mass is 16.6. The lowest BCUT2D eigenvalue weighted by molar-refractivity contribution is -0.167. The summed E-state index contributed by atoms with van der Waals surface area (Å²) in [6, 6.07) is 0. The number of esters is 3. The fourth-order valence-electron chi connectivity index (χ4n) is 6.59. The molecule has 0 aromatic heterocycles. The molecule has 0 aromatic rings. The van der Waals surface area contributed by atoms with Gasteiger partial charge in [0, 0.05) is 19.3 Å². The molecule has 0 aromatic carbocycles. The van der Waals surface area contributed by atoms with Gasteiger partial charge < -0.3 is 14.2 Å². The van der Waals surface area contributed by atoms with Gasteiger partial charge in [0.2, 0.25) is 0 Å². The fourth-order valence-corrected chi connectivity index (χ4v) is 6.59. The monoisotopic (exact) mass is 799 g/mol. The molecule has 0 saturated carbocycles. The number of ether oxygens (including phenoxy) is 3. The van der Waals surface area contributed by atoms with Gasteiger partial charge in [0.25, 0.3) is 0 Å². The van der Waals surface area contributed by atoms with Gasteiger partial charge in [0.15, 0.2) is 6.10 Å². The number of unbranched alkanes of at least 4 members (excludes halogenated alkanes) is 24. The minimum atomic E-state index is -0.780. The highest BCUT2D eigenvalue weighted by Gasteiger charge is 2.19. The van der Waals surface area contributed by atoms with Crippen LogP contribution in [-0.4, -0.2) is 37.2 Å². The molecule has 0 spiro atoms. The molecule has 0 aliphatic heterocycles. The van der Waals surface area contributed by atoms with Gasteiger partial charge in [0.1, 0.15) is 13.2 Å². The molecule has 6 nitrogen and oxygen atoms in total. The van der Waals surface area contributed by atoms with Crippen molar-refractivity contribution in [2.24, 2.45) is 0 Å². The lowest BCUT2D eigenvalue weighted by Crippen LogP contribution is -2.30. The van der Waals surface area contributed by atoms with E-state index >= 15 is 0 Å². The van der Waals surface area contributed by atoms with Gasteiger partial charge >= 0.3 is 17.9 Å². The second-order valence-electron chi connectivity index (χ2n) is 16.0. The van der Waals surface area contributed by atoms with E-state index in [1.54, 1.807) is 0 Å². The van der Waals surface area contributed by atoms with Crippen molar-refractivity contribution in [1.29, 1.82) is 0 Å². The Morgan fingerprint density at radius 1 is 0.351 bits per heavy atom. The minimum absolute atomic E-state index is 0.0831. The number of allylic oxidation sites excluding steroid dienone is 8. The Bertz CT molecular complexity index is 1010. The number of rotatable bonds is 43. The smallest absolute Gasteiger partial charge is 0.306 e. The van der Waals surface area contributed by atoms with E-state index in [1.165, 1.54) is 103 Å². The Morgan fingerprint density at radius 3 is 1.05 bits per heavy atom. The van der Waals surface area contributed by atoms with Crippen molar-refractivity contribution >= 4 is 17.9 Å². The van der Waals surface area contributed by atoms with E-state index in [0.29, 0.717) is 19.3 Å². The van der Waals surface area contributed by atoms with Crippen molar-refractivity contribution in [2.45, 2.75) is 245 Å². The molecule has 0 aliphatic rings. The zero-order chi connectivity index (χ0) is 41.5. The van der Waals surface area contributed by atoms with Crippen molar-refractivity contribution in [2.75, 3.05) is 13.2 Å². The van der Waals surface area contributed by atoms with Crippen LogP contribution in [0.5, 0.6) is 0 Å². The average molecular weight is 799 g/mol. The zero-order valence-electron chi connectivity index (χ0n) is 37.6. The van der Waals surface area contributed by atoms with Crippen LogP contribution in [0.15, 0.2) is 48.6 Å². The molecule has 0 heterocycles. The predicted molar refractivity (Wildman–Crippen MR) is 242 cm³/mol. The van der Waals surface area contributed by atoms with Gasteiger partial charge in [-0.15, -0.1) is 0 Å². The van der Waals surface area contributed by atoms with Crippen molar-refractivity contribution in [3.63, 3.8) is 0 Å². The third-order valence-electron chi connectivity index (χ3n) is 10.3. The Labute approximate surface area is 352 Å². The van der Waals surface area contributed by atoms with Crippen LogP contribution in [0, 0.1) is 0 Å². The summed E-state index contributed by atoms with van der Waals surface area (Å²) in [5, 5.41) is 0. The van der Waals surface area contributed by atoms with Gasteiger partial charge in [-0.2, -0.15) is 0 Å². The van der Waals surface area contributed by atoms with E-state index in [-0.39, 0.29) is 31.1 Å². The largest absolute Gasteiger partial charge is 0.462 e. The fraction of sp³-hybridized carbons (Fsp3) is 0.784. The van der Waals surface area contributed by atoms with E-state index in [1.807, 2.05) is 0 Å².